The van der Waals surface area contributed by atoms with Gasteiger partial charge >= 0.3 is 0 Å². The first-order valence-electron chi connectivity index (χ1n) is 6.18. The van der Waals surface area contributed by atoms with E-state index in [0.717, 1.165) is 28.1 Å². The van der Waals surface area contributed by atoms with Crippen LogP contribution in [-0.4, -0.2) is 16.4 Å². The second-order valence-corrected chi connectivity index (χ2v) is 4.67. The minimum absolute atomic E-state index is 0.252. The second kappa shape index (κ2) is 5.14. The molecule has 0 atom stereocenters. The van der Waals surface area contributed by atoms with Crippen LogP contribution in [0.15, 0.2) is 47.6 Å². The van der Waals surface area contributed by atoms with E-state index in [1.165, 1.54) is 0 Å². The number of hydrogen-bond donors (Lipinski definition) is 2. The Hall–Kier alpha value is -2.29. The SMILES string of the molecule is C/C(C1=CC(=N)C(=N)C=C1)=C(\C)c1cccc(C)n1. The maximum Gasteiger partial charge on any atom is 0.0795 e. The van der Waals surface area contributed by atoms with Gasteiger partial charge in [-0.15, -0.1) is 0 Å². The number of rotatable bonds is 2. The van der Waals surface area contributed by atoms with E-state index in [-0.39, 0.29) is 11.4 Å². The van der Waals surface area contributed by atoms with E-state index in [0.29, 0.717) is 0 Å². The van der Waals surface area contributed by atoms with Crippen LogP contribution in [0.25, 0.3) is 5.57 Å². The van der Waals surface area contributed by atoms with Gasteiger partial charge in [-0.3, -0.25) is 15.8 Å². The van der Waals surface area contributed by atoms with Gasteiger partial charge < -0.3 is 0 Å². The van der Waals surface area contributed by atoms with Crippen LogP contribution in [0.5, 0.6) is 0 Å². The molecule has 1 aliphatic carbocycles. The summed E-state index contributed by atoms with van der Waals surface area (Å²) in [5.74, 6) is 0. The highest BCUT2D eigenvalue weighted by molar-refractivity contribution is 6.49. The normalized spacial score (nSPS) is 16.3. The lowest BCUT2D eigenvalue weighted by Gasteiger charge is -2.12. The Labute approximate surface area is 113 Å². The smallest absolute Gasteiger partial charge is 0.0795 e. The molecule has 0 aromatic carbocycles. The fourth-order valence-corrected chi connectivity index (χ4v) is 1.94. The van der Waals surface area contributed by atoms with E-state index >= 15 is 0 Å². The molecule has 1 aromatic heterocycles. The molecule has 0 saturated carbocycles. The molecule has 3 nitrogen and oxygen atoms in total. The van der Waals surface area contributed by atoms with Crippen molar-refractivity contribution in [2.75, 3.05) is 0 Å². The molecule has 0 spiro atoms. The summed E-state index contributed by atoms with van der Waals surface area (Å²) < 4.78 is 0. The fraction of sp³-hybridized carbons (Fsp3) is 0.188. The van der Waals surface area contributed by atoms with Crippen molar-refractivity contribution in [1.82, 2.24) is 4.98 Å². The summed E-state index contributed by atoms with van der Waals surface area (Å²) in [6.07, 6.45) is 5.28. The largest absolute Gasteiger partial charge is 0.299 e. The lowest BCUT2D eigenvalue weighted by Crippen LogP contribution is -2.10. The van der Waals surface area contributed by atoms with Gasteiger partial charge in [0.05, 0.1) is 17.1 Å². The summed E-state index contributed by atoms with van der Waals surface area (Å²) in [7, 11) is 0. The maximum atomic E-state index is 7.71. The molecular formula is C16H17N3. The number of aryl methyl sites for hydroxylation is 1. The zero-order valence-corrected chi connectivity index (χ0v) is 11.4. The number of allylic oxidation sites excluding steroid dienone is 6. The lowest BCUT2D eigenvalue weighted by molar-refractivity contribution is 1.16. The van der Waals surface area contributed by atoms with Gasteiger partial charge in [0.2, 0.25) is 0 Å². The van der Waals surface area contributed by atoms with Crippen molar-refractivity contribution in [3.8, 4) is 0 Å². The van der Waals surface area contributed by atoms with E-state index in [4.69, 9.17) is 10.8 Å². The topological polar surface area (TPSA) is 60.6 Å². The molecule has 0 bridgehead atoms. The van der Waals surface area contributed by atoms with Crippen molar-refractivity contribution in [3.05, 3.63) is 59.0 Å². The van der Waals surface area contributed by atoms with Crippen molar-refractivity contribution >= 4 is 17.0 Å². The summed E-state index contributed by atoms with van der Waals surface area (Å²) in [6, 6.07) is 5.96. The maximum absolute atomic E-state index is 7.71. The van der Waals surface area contributed by atoms with E-state index in [1.54, 1.807) is 12.2 Å². The fourth-order valence-electron chi connectivity index (χ4n) is 1.94. The first kappa shape index (κ1) is 13.1. The first-order valence-corrected chi connectivity index (χ1v) is 6.18. The van der Waals surface area contributed by atoms with Crippen LogP contribution in [0.4, 0.5) is 0 Å². The van der Waals surface area contributed by atoms with Gasteiger partial charge in [0.15, 0.2) is 0 Å². The molecule has 1 aromatic rings. The van der Waals surface area contributed by atoms with Gasteiger partial charge in [0.25, 0.3) is 0 Å². The Bertz CT molecular complexity index is 646. The molecule has 2 N–H and O–H groups in total. The Morgan fingerprint density at radius 1 is 1.00 bits per heavy atom. The second-order valence-electron chi connectivity index (χ2n) is 4.67. The Morgan fingerprint density at radius 3 is 2.37 bits per heavy atom. The highest BCUT2D eigenvalue weighted by atomic mass is 14.7. The molecule has 2 rings (SSSR count). The van der Waals surface area contributed by atoms with Gasteiger partial charge in [-0.1, -0.05) is 12.1 Å². The Balaban J connectivity index is 2.42. The predicted molar refractivity (Wildman–Crippen MR) is 79.9 cm³/mol. The van der Waals surface area contributed by atoms with Crippen molar-refractivity contribution in [3.63, 3.8) is 0 Å². The molecule has 0 amide bonds. The van der Waals surface area contributed by atoms with Crippen molar-refractivity contribution in [2.45, 2.75) is 20.8 Å². The molecule has 1 heterocycles. The van der Waals surface area contributed by atoms with Gasteiger partial charge in [0, 0.05) is 5.69 Å². The van der Waals surface area contributed by atoms with Gasteiger partial charge in [-0.05, 0) is 61.8 Å². The third kappa shape index (κ3) is 2.76. The van der Waals surface area contributed by atoms with Crippen LogP contribution < -0.4 is 0 Å². The summed E-state index contributed by atoms with van der Waals surface area (Å²) >= 11 is 0. The number of pyridine rings is 1. The van der Waals surface area contributed by atoms with E-state index in [9.17, 15) is 0 Å². The Kier molecular flexibility index (Phi) is 3.56. The zero-order valence-electron chi connectivity index (χ0n) is 11.4. The minimum Gasteiger partial charge on any atom is -0.299 e. The molecule has 19 heavy (non-hydrogen) atoms. The van der Waals surface area contributed by atoms with Gasteiger partial charge in [0.1, 0.15) is 0 Å². The molecule has 1 aliphatic rings. The third-order valence-corrected chi connectivity index (χ3v) is 3.29. The molecule has 0 unspecified atom stereocenters. The highest BCUT2D eigenvalue weighted by Gasteiger charge is 2.11. The molecular weight excluding hydrogens is 234 g/mol. The van der Waals surface area contributed by atoms with Crippen LogP contribution in [0.2, 0.25) is 0 Å². The van der Waals surface area contributed by atoms with Crippen LogP contribution in [-0.2, 0) is 0 Å². The highest BCUT2D eigenvalue weighted by Crippen LogP contribution is 2.24. The number of nitrogens with zero attached hydrogens (tertiary/aromatic N) is 1. The van der Waals surface area contributed by atoms with Crippen LogP contribution in [0, 0.1) is 17.7 Å². The van der Waals surface area contributed by atoms with Crippen molar-refractivity contribution < 1.29 is 0 Å². The summed E-state index contributed by atoms with van der Waals surface area (Å²) in [5.41, 5.74) is 5.62. The van der Waals surface area contributed by atoms with Crippen molar-refractivity contribution in [1.29, 1.82) is 10.8 Å². The summed E-state index contributed by atoms with van der Waals surface area (Å²) in [6.45, 7) is 6.04. The standard InChI is InChI=1S/C16H17N3/c1-10-5-4-6-16(19-10)12(3)11(2)13-7-8-14(17)15(18)9-13/h4-9,17-18H,1-3H3/b12-11-,17-14?,18-15?. The molecule has 0 aliphatic heterocycles. The molecule has 0 saturated heterocycles. The minimum atomic E-state index is 0.252. The Morgan fingerprint density at radius 2 is 1.74 bits per heavy atom. The summed E-state index contributed by atoms with van der Waals surface area (Å²) in [5, 5.41) is 15.2. The zero-order chi connectivity index (χ0) is 14.0. The molecule has 96 valence electrons. The first-order chi connectivity index (χ1) is 8.99. The average molecular weight is 251 g/mol. The van der Waals surface area contributed by atoms with E-state index in [1.807, 2.05) is 45.0 Å². The summed E-state index contributed by atoms with van der Waals surface area (Å²) in [4.78, 5) is 4.52. The van der Waals surface area contributed by atoms with Crippen LogP contribution >= 0.6 is 0 Å². The van der Waals surface area contributed by atoms with E-state index < -0.39 is 0 Å². The molecule has 3 heteroatoms. The molecule has 0 radical (unpaired) electrons. The van der Waals surface area contributed by atoms with Gasteiger partial charge in [-0.25, -0.2) is 0 Å². The quantitative estimate of drug-likeness (QED) is 0.773. The monoisotopic (exact) mass is 251 g/mol. The number of aromatic nitrogens is 1. The predicted octanol–water partition coefficient (Wildman–Crippen LogP) is 3.72. The third-order valence-electron chi connectivity index (χ3n) is 3.29. The number of hydrogen-bond acceptors (Lipinski definition) is 3. The number of nitrogens with one attached hydrogen (secondary N) is 2. The molecule has 0 fully saturated rings. The van der Waals surface area contributed by atoms with E-state index in [2.05, 4.69) is 4.98 Å². The van der Waals surface area contributed by atoms with Crippen LogP contribution in [0.3, 0.4) is 0 Å². The average Bonchev–Trinajstić information content (AvgIpc) is 2.40. The van der Waals surface area contributed by atoms with Crippen LogP contribution in [0.1, 0.15) is 25.2 Å². The van der Waals surface area contributed by atoms with Crippen molar-refractivity contribution in [2.24, 2.45) is 0 Å². The van der Waals surface area contributed by atoms with Gasteiger partial charge in [-0.2, -0.15) is 0 Å². The lowest BCUT2D eigenvalue weighted by atomic mass is 9.94.